The standard InChI is InChI=1S/C17H29NO/c1-5-6-7-16(13-18-14(2)3)12-15-8-10-17(19-4)11-9-15/h8-11,14,16,18H,5-7,12-13H2,1-4H3. The Kier molecular flexibility index (Phi) is 7.57. The summed E-state index contributed by atoms with van der Waals surface area (Å²) >= 11 is 0. The predicted molar refractivity (Wildman–Crippen MR) is 82.9 cm³/mol. The number of hydrogen-bond donors (Lipinski definition) is 1. The third-order valence-corrected chi connectivity index (χ3v) is 3.46. The Bertz CT molecular complexity index is 332. The van der Waals surface area contributed by atoms with Crippen LogP contribution >= 0.6 is 0 Å². The molecule has 0 radical (unpaired) electrons. The summed E-state index contributed by atoms with van der Waals surface area (Å²) in [6, 6.07) is 9.06. The van der Waals surface area contributed by atoms with Gasteiger partial charge >= 0.3 is 0 Å². The lowest BCUT2D eigenvalue weighted by atomic mass is 9.94. The summed E-state index contributed by atoms with van der Waals surface area (Å²) in [5, 5.41) is 3.57. The van der Waals surface area contributed by atoms with Crippen LogP contribution in [0.2, 0.25) is 0 Å². The maximum Gasteiger partial charge on any atom is 0.118 e. The summed E-state index contributed by atoms with van der Waals surface area (Å²) in [5.41, 5.74) is 1.41. The molecule has 0 saturated carbocycles. The SMILES string of the molecule is CCCCC(CNC(C)C)Cc1ccc(OC)cc1. The molecular weight excluding hydrogens is 234 g/mol. The minimum absolute atomic E-state index is 0.569. The van der Waals surface area contributed by atoms with Crippen LogP contribution in [0.1, 0.15) is 45.6 Å². The van der Waals surface area contributed by atoms with E-state index in [2.05, 4.69) is 50.4 Å². The maximum absolute atomic E-state index is 5.21. The van der Waals surface area contributed by atoms with E-state index >= 15 is 0 Å². The molecule has 2 nitrogen and oxygen atoms in total. The van der Waals surface area contributed by atoms with Crippen molar-refractivity contribution in [1.82, 2.24) is 5.32 Å². The van der Waals surface area contributed by atoms with Crippen LogP contribution in [0, 0.1) is 5.92 Å². The van der Waals surface area contributed by atoms with E-state index < -0.39 is 0 Å². The van der Waals surface area contributed by atoms with Gasteiger partial charge in [0.25, 0.3) is 0 Å². The van der Waals surface area contributed by atoms with Crippen LogP contribution in [-0.2, 0) is 6.42 Å². The molecule has 0 aliphatic carbocycles. The molecule has 1 atom stereocenters. The summed E-state index contributed by atoms with van der Waals surface area (Å²) in [7, 11) is 1.71. The Hall–Kier alpha value is -1.02. The lowest BCUT2D eigenvalue weighted by Gasteiger charge is -2.19. The maximum atomic E-state index is 5.21. The fraction of sp³-hybridized carbons (Fsp3) is 0.647. The molecule has 0 fully saturated rings. The molecule has 1 unspecified atom stereocenters. The highest BCUT2D eigenvalue weighted by Gasteiger charge is 2.10. The van der Waals surface area contributed by atoms with Crippen molar-refractivity contribution in [3.63, 3.8) is 0 Å². The van der Waals surface area contributed by atoms with Crippen molar-refractivity contribution in [1.29, 1.82) is 0 Å². The first-order valence-electron chi connectivity index (χ1n) is 7.52. The minimum Gasteiger partial charge on any atom is -0.497 e. The molecule has 0 aromatic heterocycles. The largest absolute Gasteiger partial charge is 0.497 e. The zero-order chi connectivity index (χ0) is 14.1. The number of methoxy groups -OCH3 is 1. The Labute approximate surface area is 118 Å². The molecular formula is C17H29NO. The molecule has 0 heterocycles. The Balaban J connectivity index is 2.53. The zero-order valence-corrected chi connectivity index (χ0v) is 12.9. The summed E-state index contributed by atoms with van der Waals surface area (Å²) < 4.78 is 5.21. The third kappa shape index (κ3) is 6.63. The number of ether oxygens (including phenoxy) is 1. The van der Waals surface area contributed by atoms with Gasteiger partial charge in [-0.2, -0.15) is 0 Å². The molecule has 1 aromatic rings. The summed E-state index contributed by atoms with van der Waals surface area (Å²) in [6.45, 7) is 7.80. The molecule has 0 aliphatic rings. The molecule has 108 valence electrons. The van der Waals surface area contributed by atoms with Crippen LogP contribution in [0.4, 0.5) is 0 Å². The number of rotatable bonds is 9. The van der Waals surface area contributed by atoms with Crippen molar-refractivity contribution in [2.45, 2.75) is 52.5 Å². The number of unbranched alkanes of at least 4 members (excludes halogenated alkanes) is 1. The predicted octanol–water partition coefficient (Wildman–Crippen LogP) is 4.04. The lowest BCUT2D eigenvalue weighted by Crippen LogP contribution is -2.30. The fourth-order valence-corrected chi connectivity index (χ4v) is 2.27. The average Bonchev–Trinajstić information content (AvgIpc) is 2.42. The van der Waals surface area contributed by atoms with Crippen molar-refractivity contribution in [3.8, 4) is 5.75 Å². The van der Waals surface area contributed by atoms with Crippen LogP contribution in [0.15, 0.2) is 24.3 Å². The van der Waals surface area contributed by atoms with Crippen molar-refractivity contribution in [2.75, 3.05) is 13.7 Å². The van der Waals surface area contributed by atoms with E-state index in [0.29, 0.717) is 6.04 Å². The number of nitrogens with one attached hydrogen (secondary N) is 1. The minimum atomic E-state index is 0.569. The first-order valence-corrected chi connectivity index (χ1v) is 7.52. The highest BCUT2D eigenvalue weighted by atomic mass is 16.5. The average molecular weight is 263 g/mol. The van der Waals surface area contributed by atoms with Crippen LogP contribution < -0.4 is 10.1 Å². The molecule has 0 amide bonds. The van der Waals surface area contributed by atoms with Crippen LogP contribution in [0.3, 0.4) is 0 Å². The fourth-order valence-electron chi connectivity index (χ4n) is 2.27. The molecule has 1 N–H and O–H groups in total. The van der Waals surface area contributed by atoms with E-state index in [1.54, 1.807) is 7.11 Å². The van der Waals surface area contributed by atoms with Gasteiger partial charge in [-0.3, -0.25) is 0 Å². The lowest BCUT2D eigenvalue weighted by molar-refractivity contribution is 0.407. The second-order valence-electron chi connectivity index (χ2n) is 5.62. The monoisotopic (exact) mass is 263 g/mol. The number of hydrogen-bond acceptors (Lipinski definition) is 2. The molecule has 0 saturated heterocycles. The highest BCUT2D eigenvalue weighted by Crippen LogP contribution is 2.18. The van der Waals surface area contributed by atoms with E-state index in [9.17, 15) is 0 Å². The summed E-state index contributed by atoms with van der Waals surface area (Å²) in [4.78, 5) is 0. The Morgan fingerprint density at radius 1 is 1.16 bits per heavy atom. The first kappa shape index (κ1) is 16.0. The van der Waals surface area contributed by atoms with Crippen LogP contribution in [0.5, 0.6) is 5.75 Å². The van der Waals surface area contributed by atoms with Crippen molar-refractivity contribution in [2.24, 2.45) is 5.92 Å². The van der Waals surface area contributed by atoms with Gasteiger partial charge < -0.3 is 10.1 Å². The van der Waals surface area contributed by atoms with Crippen molar-refractivity contribution < 1.29 is 4.74 Å². The van der Waals surface area contributed by atoms with Gasteiger partial charge in [-0.15, -0.1) is 0 Å². The molecule has 0 aliphatic heterocycles. The van der Waals surface area contributed by atoms with E-state index in [0.717, 1.165) is 24.6 Å². The second kappa shape index (κ2) is 8.98. The third-order valence-electron chi connectivity index (χ3n) is 3.46. The molecule has 1 rings (SSSR count). The Morgan fingerprint density at radius 3 is 2.37 bits per heavy atom. The van der Waals surface area contributed by atoms with Crippen LogP contribution in [-0.4, -0.2) is 19.7 Å². The van der Waals surface area contributed by atoms with Gasteiger partial charge in [-0.25, -0.2) is 0 Å². The highest BCUT2D eigenvalue weighted by molar-refractivity contribution is 5.27. The van der Waals surface area contributed by atoms with Crippen molar-refractivity contribution >= 4 is 0 Å². The van der Waals surface area contributed by atoms with Gasteiger partial charge in [0, 0.05) is 6.04 Å². The molecule has 19 heavy (non-hydrogen) atoms. The number of benzene rings is 1. The second-order valence-corrected chi connectivity index (χ2v) is 5.62. The quantitative estimate of drug-likeness (QED) is 0.726. The smallest absolute Gasteiger partial charge is 0.118 e. The first-order chi connectivity index (χ1) is 9.15. The van der Waals surface area contributed by atoms with Gasteiger partial charge in [0.2, 0.25) is 0 Å². The van der Waals surface area contributed by atoms with Gasteiger partial charge in [-0.1, -0.05) is 45.7 Å². The molecule has 0 bridgehead atoms. The van der Waals surface area contributed by atoms with E-state index in [1.165, 1.54) is 24.8 Å². The molecule has 0 spiro atoms. The van der Waals surface area contributed by atoms with E-state index in [1.807, 2.05) is 0 Å². The van der Waals surface area contributed by atoms with Crippen molar-refractivity contribution in [3.05, 3.63) is 29.8 Å². The van der Waals surface area contributed by atoms with E-state index in [-0.39, 0.29) is 0 Å². The van der Waals surface area contributed by atoms with Gasteiger partial charge in [-0.05, 0) is 43.0 Å². The summed E-state index contributed by atoms with van der Waals surface area (Å²) in [6.07, 6.45) is 5.06. The molecule has 1 aromatic carbocycles. The molecule has 2 heteroatoms. The van der Waals surface area contributed by atoms with Gasteiger partial charge in [0.1, 0.15) is 5.75 Å². The van der Waals surface area contributed by atoms with Gasteiger partial charge in [0.15, 0.2) is 0 Å². The normalized spacial score (nSPS) is 12.7. The van der Waals surface area contributed by atoms with Gasteiger partial charge in [0.05, 0.1) is 7.11 Å². The van der Waals surface area contributed by atoms with E-state index in [4.69, 9.17) is 4.74 Å². The van der Waals surface area contributed by atoms with Crippen LogP contribution in [0.25, 0.3) is 0 Å². The Morgan fingerprint density at radius 2 is 1.84 bits per heavy atom. The summed E-state index contributed by atoms with van der Waals surface area (Å²) in [5.74, 6) is 1.67. The zero-order valence-electron chi connectivity index (χ0n) is 12.9. The topological polar surface area (TPSA) is 21.3 Å².